The number of anilines is 1. The molecule has 2 atom stereocenters. The summed E-state index contributed by atoms with van der Waals surface area (Å²) in [5, 5.41) is 2.91. The third-order valence-electron chi connectivity index (χ3n) is 5.34. The molecule has 1 aromatic carbocycles. The third kappa shape index (κ3) is 1.96. The van der Waals surface area contributed by atoms with Gasteiger partial charge in [0.05, 0.1) is 7.11 Å². The number of ketones is 1. The van der Waals surface area contributed by atoms with Gasteiger partial charge in [-0.2, -0.15) is 0 Å². The molecule has 4 heteroatoms. The van der Waals surface area contributed by atoms with Crippen LogP contribution in [0.5, 0.6) is 5.75 Å². The van der Waals surface area contributed by atoms with Crippen molar-refractivity contribution in [1.29, 1.82) is 0 Å². The summed E-state index contributed by atoms with van der Waals surface area (Å²) in [7, 11) is 1.60. The van der Waals surface area contributed by atoms with E-state index >= 15 is 0 Å². The van der Waals surface area contributed by atoms with Crippen LogP contribution in [0.1, 0.15) is 33.1 Å². The van der Waals surface area contributed by atoms with Crippen LogP contribution < -0.4 is 10.1 Å². The number of ether oxygens (including phenoxy) is 1. The van der Waals surface area contributed by atoms with Crippen molar-refractivity contribution in [1.82, 2.24) is 0 Å². The Hall–Kier alpha value is -1.84. The molecule has 3 rings (SSSR count). The quantitative estimate of drug-likeness (QED) is 0.869. The van der Waals surface area contributed by atoms with Gasteiger partial charge in [-0.05, 0) is 49.4 Å². The number of carbonyl (C=O) groups excluding carboxylic acids is 2. The van der Waals surface area contributed by atoms with Gasteiger partial charge in [0.25, 0.3) is 0 Å². The van der Waals surface area contributed by atoms with Gasteiger partial charge in [0, 0.05) is 11.1 Å². The fourth-order valence-corrected chi connectivity index (χ4v) is 3.90. The first-order chi connectivity index (χ1) is 9.90. The molecular formula is C17H21NO3. The van der Waals surface area contributed by atoms with E-state index in [1.54, 1.807) is 31.4 Å². The SMILES string of the molecule is COc1ccc(NC(=O)[C@@]23CC[C@@H](C2)C(C)(C)C3=O)cc1. The van der Waals surface area contributed by atoms with Gasteiger partial charge in [-0.15, -0.1) is 0 Å². The summed E-state index contributed by atoms with van der Waals surface area (Å²) in [6.07, 6.45) is 2.34. The van der Waals surface area contributed by atoms with Crippen LogP contribution in [0.25, 0.3) is 0 Å². The van der Waals surface area contributed by atoms with Gasteiger partial charge in [-0.1, -0.05) is 13.8 Å². The first kappa shape index (κ1) is 14.1. The summed E-state index contributed by atoms with van der Waals surface area (Å²) >= 11 is 0. The molecule has 2 aliphatic carbocycles. The fourth-order valence-electron chi connectivity index (χ4n) is 3.90. The monoisotopic (exact) mass is 287 g/mol. The number of benzene rings is 1. The van der Waals surface area contributed by atoms with Crippen LogP contribution in [0.4, 0.5) is 5.69 Å². The summed E-state index contributed by atoms with van der Waals surface area (Å²) < 4.78 is 5.10. The minimum Gasteiger partial charge on any atom is -0.497 e. The lowest BCUT2D eigenvalue weighted by molar-refractivity contribution is -0.142. The molecule has 4 nitrogen and oxygen atoms in total. The Labute approximate surface area is 124 Å². The number of Topliss-reactive ketones (excluding diaryl/α,β-unsaturated/α-hetero) is 1. The van der Waals surface area contributed by atoms with Crippen molar-refractivity contribution in [3.8, 4) is 5.75 Å². The first-order valence-corrected chi connectivity index (χ1v) is 7.40. The average molecular weight is 287 g/mol. The molecule has 2 bridgehead atoms. The smallest absolute Gasteiger partial charge is 0.238 e. The Kier molecular flexibility index (Phi) is 3.08. The zero-order valence-electron chi connectivity index (χ0n) is 12.7. The molecule has 0 aromatic heterocycles. The van der Waals surface area contributed by atoms with Crippen molar-refractivity contribution in [3.63, 3.8) is 0 Å². The van der Waals surface area contributed by atoms with Crippen LogP contribution in [0, 0.1) is 16.7 Å². The maximum absolute atomic E-state index is 12.7. The number of amides is 1. The number of nitrogens with one attached hydrogen (secondary N) is 1. The van der Waals surface area contributed by atoms with E-state index in [0.717, 1.165) is 12.2 Å². The average Bonchev–Trinajstić information content (AvgIpc) is 3.00. The lowest BCUT2D eigenvalue weighted by Gasteiger charge is -2.32. The summed E-state index contributed by atoms with van der Waals surface area (Å²) in [5.74, 6) is 1.04. The Morgan fingerprint density at radius 1 is 1.29 bits per heavy atom. The second-order valence-corrected chi connectivity index (χ2v) is 6.76. The summed E-state index contributed by atoms with van der Waals surface area (Å²) in [5.41, 5.74) is -0.472. The normalized spacial score (nSPS) is 29.5. The van der Waals surface area contributed by atoms with Gasteiger partial charge >= 0.3 is 0 Å². The van der Waals surface area contributed by atoms with Gasteiger partial charge in [0.15, 0.2) is 5.78 Å². The van der Waals surface area contributed by atoms with Crippen LogP contribution in [-0.4, -0.2) is 18.8 Å². The fraction of sp³-hybridized carbons (Fsp3) is 0.529. The predicted octanol–water partition coefficient (Wildman–Crippen LogP) is 3.03. The molecular weight excluding hydrogens is 266 g/mol. The van der Waals surface area contributed by atoms with E-state index < -0.39 is 5.41 Å². The zero-order chi connectivity index (χ0) is 15.3. The molecule has 0 unspecified atom stereocenters. The van der Waals surface area contributed by atoms with Crippen LogP contribution in [0.3, 0.4) is 0 Å². The Bertz CT molecular complexity index is 591. The molecule has 0 radical (unpaired) electrons. The lowest BCUT2D eigenvalue weighted by atomic mass is 9.70. The van der Waals surface area contributed by atoms with Crippen LogP contribution >= 0.6 is 0 Å². The van der Waals surface area contributed by atoms with Crippen molar-refractivity contribution >= 4 is 17.4 Å². The highest BCUT2D eigenvalue weighted by molar-refractivity contribution is 6.15. The topological polar surface area (TPSA) is 55.4 Å². The summed E-state index contributed by atoms with van der Waals surface area (Å²) in [6.45, 7) is 3.95. The number of hydrogen-bond donors (Lipinski definition) is 1. The predicted molar refractivity (Wildman–Crippen MR) is 80.2 cm³/mol. The van der Waals surface area contributed by atoms with Crippen LogP contribution in [-0.2, 0) is 9.59 Å². The molecule has 0 saturated heterocycles. The molecule has 0 heterocycles. The number of rotatable bonds is 3. The second-order valence-electron chi connectivity index (χ2n) is 6.76. The number of fused-ring (bicyclic) bond motifs is 2. The maximum atomic E-state index is 12.7. The minimum absolute atomic E-state index is 0.109. The standard InChI is InChI=1S/C17H21NO3/c1-16(2)11-8-9-17(10-11,14(16)19)15(20)18-12-4-6-13(21-3)7-5-12/h4-7,11H,8-10H2,1-3H3,(H,18,20)/t11-,17-/m0/s1. The zero-order valence-corrected chi connectivity index (χ0v) is 12.7. The van der Waals surface area contributed by atoms with Gasteiger partial charge in [-0.25, -0.2) is 0 Å². The minimum atomic E-state index is -0.811. The van der Waals surface area contributed by atoms with E-state index in [1.807, 2.05) is 13.8 Å². The molecule has 2 aliphatic rings. The molecule has 112 valence electrons. The molecule has 0 spiro atoms. The Morgan fingerprint density at radius 2 is 1.95 bits per heavy atom. The van der Waals surface area contributed by atoms with E-state index in [-0.39, 0.29) is 17.1 Å². The van der Waals surface area contributed by atoms with E-state index in [2.05, 4.69) is 5.32 Å². The number of hydrogen-bond acceptors (Lipinski definition) is 3. The molecule has 2 saturated carbocycles. The molecule has 0 aliphatic heterocycles. The molecule has 21 heavy (non-hydrogen) atoms. The van der Waals surface area contributed by atoms with Crippen molar-refractivity contribution in [3.05, 3.63) is 24.3 Å². The van der Waals surface area contributed by atoms with Crippen LogP contribution in [0.15, 0.2) is 24.3 Å². The van der Waals surface area contributed by atoms with E-state index in [0.29, 0.717) is 24.4 Å². The summed E-state index contributed by atoms with van der Waals surface area (Å²) in [4.78, 5) is 25.3. The van der Waals surface area contributed by atoms with Crippen molar-refractivity contribution in [2.24, 2.45) is 16.7 Å². The number of carbonyl (C=O) groups is 2. The molecule has 1 aromatic rings. The Morgan fingerprint density at radius 3 is 2.48 bits per heavy atom. The van der Waals surface area contributed by atoms with Gasteiger partial charge in [0.1, 0.15) is 11.2 Å². The Balaban J connectivity index is 1.81. The van der Waals surface area contributed by atoms with E-state index in [4.69, 9.17) is 4.74 Å². The lowest BCUT2D eigenvalue weighted by Crippen LogP contribution is -2.44. The van der Waals surface area contributed by atoms with Crippen molar-refractivity contribution in [2.75, 3.05) is 12.4 Å². The van der Waals surface area contributed by atoms with Gasteiger partial charge in [0.2, 0.25) is 5.91 Å². The first-order valence-electron chi connectivity index (χ1n) is 7.40. The maximum Gasteiger partial charge on any atom is 0.238 e. The number of methoxy groups -OCH3 is 1. The molecule has 1 N–H and O–H groups in total. The highest BCUT2D eigenvalue weighted by Crippen LogP contribution is 2.60. The van der Waals surface area contributed by atoms with Gasteiger partial charge < -0.3 is 10.1 Å². The molecule has 2 fully saturated rings. The van der Waals surface area contributed by atoms with Crippen molar-refractivity contribution < 1.29 is 14.3 Å². The molecule has 1 amide bonds. The summed E-state index contributed by atoms with van der Waals surface area (Å²) in [6, 6.07) is 7.19. The third-order valence-corrected chi connectivity index (χ3v) is 5.34. The highest BCUT2D eigenvalue weighted by atomic mass is 16.5. The second kappa shape index (κ2) is 4.58. The van der Waals surface area contributed by atoms with E-state index in [9.17, 15) is 9.59 Å². The van der Waals surface area contributed by atoms with E-state index in [1.165, 1.54) is 0 Å². The highest BCUT2D eigenvalue weighted by Gasteiger charge is 2.64. The van der Waals surface area contributed by atoms with Gasteiger partial charge in [-0.3, -0.25) is 9.59 Å². The largest absolute Gasteiger partial charge is 0.497 e. The van der Waals surface area contributed by atoms with Crippen LogP contribution in [0.2, 0.25) is 0 Å². The van der Waals surface area contributed by atoms with Crippen molar-refractivity contribution in [2.45, 2.75) is 33.1 Å².